The van der Waals surface area contributed by atoms with Gasteiger partial charge in [-0.15, -0.1) is 0 Å². The number of hydrogen-bond donors (Lipinski definition) is 0. The first-order valence-electron chi connectivity index (χ1n) is 6.83. The topological polar surface area (TPSA) is 4.36 Å². The minimum absolute atomic E-state index is 0.0401. The molecule has 6 unspecified atom stereocenters. The molecule has 0 bridgehead atoms. The average Bonchev–Trinajstić information content (AvgIpc) is 2.38. The molecule has 0 saturated heterocycles. The molecule has 0 radical (unpaired) electrons. The molecule has 1 nitrogen and oxygen atoms in total. The first kappa shape index (κ1) is 14.1. The van der Waals surface area contributed by atoms with E-state index < -0.39 is 12.3 Å². The summed E-state index contributed by atoms with van der Waals surface area (Å²) >= 11 is 1.74. The van der Waals surface area contributed by atoms with Gasteiger partial charge in [0.2, 0.25) is 6.04 Å². The van der Waals surface area contributed by atoms with Gasteiger partial charge in [-0.1, -0.05) is 0 Å². The highest BCUT2D eigenvalue weighted by Gasteiger charge is 2.42. The zero-order chi connectivity index (χ0) is 13.1. The Morgan fingerprint density at radius 3 is 2.50 bits per heavy atom. The minimum atomic E-state index is -0.967. The van der Waals surface area contributed by atoms with Crippen LogP contribution in [-0.2, 0) is 0 Å². The third-order valence-electron chi connectivity index (χ3n) is 4.63. The third-order valence-corrected chi connectivity index (χ3v) is 5.74. The highest BCUT2D eigenvalue weighted by atomic mass is 32.2. The van der Waals surface area contributed by atoms with Gasteiger partial charge in [-0.25, -0.2) is 15.4 Å². The van der Waals surface area contributed by atoms with Gasteiger partial charge in [-0.3, -0.25) is 0 Å². The molecule has 0 aliphatic heterocycles. The smallest absolute Gasteiger partial charge is 0.235 e. The van der Waals surface area contributed by atoms with E-state index in [1.807, 2.05) is 6.26 Å². The van der Waals surface area contributed by atoms with Crippen molar-refractivity contribution in [2.75, 3.05) is 6.26 Å². The number of alkyl halides is 2. The number of halogens is 2. The quantitative estimate of drug-likeness (QED) is 0.679. The number of nitrogens with zero attached hydrogens (tertiary/aromatic N) is 1. The monoisotopic (exact) mass is 273 g/mol. The lowest BCUT2D eigenvalue weighted by Crippen LogP contribution is -2.38. The van der Waals surface area contributed by atoms with Crippen LogP contribution in [0.4, 0.5) is 8.78 Å². The van der Waals surface area contributed by atoms with Crippen molar-refractivity contribution < 1.29 is 8.78 Å². The van der Waals surface area contributed by atoms with Crippen molar-refractivity contribution in [1.29, 1.82) is 0 Å². The normalized spacial score (nSPS) is 45.4. The van der Waals surface area contributed by atoms with Crippen molar-refractivity contribution in [3.05, 3.63) is 11.4 Å². The van der Waals surface area contributed by atoms with Gasteiger partial charge in [-0.2, -0.15) is 11.8 Å². The maximum atomic E-state index is 14.0. The Hall–Kier alpha value is -0.300. The zero-order valence-corrected chi connectivity index (χ0v) is 11.6. The molecular weight excluding hydrogens is 252 g/mol. The summed E-state index contributed by atoms with van der Waals surface area (Å²) < 4.78 is 27.1. The second kappa shape index (κ2) is 6.23. The average molecular weight is 273 g/mol. The molecule has 0 amide bonds. The van der Waals surface area contributed by atoms with E-state index in [0.29, 0.717) is 24.0 Å². The van der Waals surface area contributed by atoms with Gasteiger partial charge in [0.25, 0.3) is 0 Å². The van der Waals surface area contributed by atoms with Gasteiger partial charge < -0.3 is 4.85 Å². The highest BCUT2D eigenvalue weighted by molar-refractivity contribution is 7.99. The van der Waals surface area contributed by atoms with Crippen molar-refractivity contribution in [1.82, 2.24) is 0 Å². The van der Waals surface area contributed by atoms with Crippen LogP contribution in [0.15, 0.2) is 0 Å². The van der Waals surface area contributed by atoms with E-state index in [2.05, 4.69) is 4.85 Å². The Bertz CT molecular complexity index is 317. The molecule has 2 rings (SSSR count). The molecule has 4 heteroatoms. The molecule has 0 aromatic rings. The molecule has 2 aliphatic rings. The van der Waals surface area contributed by atoms with E-state index in [1.165, 1.54) is 0 Å². The van der Waals surface area contributed by atoms with Crippen LogP contribution in [-0.4, -0.2) is 29.9 Å². The van der Waals surface area contributed by atoms with Crippen LogP contribution < -0.4 is 0 Å². The van der Waals surface area contributed by atoms with Crippen LogP contribution >= 0.6 is 11.8 Å². The van der Waals surface area contributed by atoms with Crippen molar-refractivity contribution in [2.45, 2.75) is 62.2 Å². The summed E-state index contributed by atoms with van der Waals surface area (Å²) in [6.07, 6.45) is 4.23. The molecule has 18 heavy (non-hydrogen) atoms. The van der Waals surface area contributed by atoms with Crippen molar-refractivity contribution in [3.63, 3.8) is 0 Å². The Balaban J connectivity index is 1.96. The maximum Gasteiger partial charge on any atom is 0.235 e. The second-order valence-electron chi connectivity index (χ2n) is 5.63. The molecule has 0 N–H and O–H groups in total. The molecule has 2 aliphatic carbocycles. The molecular formula is C14H21F2NS. The lowest BCUT2D eigenvalue weighted by molar-refractivity contribution is 0.0537. The first-order chi connectivity index (χ1) is 8.65. The standard InChI is InChI=1S/C14H21F2NS/c1-17-13-6-3-9(7-14(13)18-2)11-5-4-10(15)8-12(11)16/h9-14H,3-8H2,2H3. The summed E-state index contributed by atoms with van der Waals surface area (Å²) in [5.74, 6) is 0.404. The van der Waals surface area contributed by atoms with Gasteiger partial charge >= 0.3 is 0 Å². The van der Waals surface area contributed by atoms with Gasteiger partial charge in [0.15, 0.2) is 0 Å². The minimum Gasteiger partial charge on any atom is -0.312 e. The van der Waals surface area contributed by atoms with E-state index in [9.17, 15) is 8.78 Å². The summed E-state index contributed by atoms with van der Waals surface area (Å²) in [6, 6.07) is 0.104. The fourth-order valence-corrected chi connectivity index (χ4v) is 4.51. The molecule has 0 spiro atoms. The highest BCUT2D eigenvalue weighted by Crippen LogP contribution is 2.43. The van der Waals surface area contributed by atoms with Crippen LogP contribution in [0.2, 0.25) is 0 Å². The summed E-state index contributed by atoms with van der Waals surface area (Å²) in [5.41, 5.74) is 0. The fraction of sp³-hybridized carbons (Fsp3) is 0.929. The number of thioether (sulfide) groups is 1. The lowest BCUT2D eigenvalue weighted by Gasteiger charge is -2.38. The molecule has 2 fully saturated rings. The first-order valence-corrected chi connectivity index (χ1v) is 8.12. The van der Waals surface area contributed by atoms with E-state index >= 15 is 0 Å². The fourth-order valence-electron chi connectivity index (χ4n) is 3.56. The second-order valence-corrected chi connectivity index (χ2v) is 6.71. The number of hydrogen-bond acceptors (Lipinski definition) is 1. The molecule has 6 atom stereocenters. The van der Waals surface area contributed by atoms with Crippen LogP contribution in [0.3, 0.4) is 0 Å². The van der Waals surface area contributed by atoms with Gasteiger partial charge in [0, 0.05) is 12.8 Å². The summed E-state index contributed by atoms with van der Waals surface area (Å²) in [5, 5.41) is 0.344. The van der Waals surface area contributed by atoms with E-state index in [0.717, 1.165) is 19.3 Å². The Labute approximate surface area is 113 Å². The van der Waals surface area contributed by atoms with Crippen molar-refractivity contribution in [3.8, 4) is 0 Å². The van der Waals surface area contributed by atoms with Crippen LogP contribution in [0.1, 0.15) is 38.5 Å². The zero-order valence-electron chi connectivity index (χ0n) is 10.8. The predicted octanol–water partition coefficient (Wildman–Crippen LogP) is 4.28. The number of rotatable bonds is 2. The summed E-state index contributed by atoms with van der Waals surface area (Å²) in [4.78, 5) is 3.69. The van der Waals surface area contributed by atoms with Crippen molar-refractivity contribution >= 4 is 11.8 Å². The largest absolute Gasteiger partial charge is 0.312 e. The lowest BCUT2D eigenvalue weighted by atomic mass is 9.71. The SMILES string of the molecule is [C-]#[N+]C1CCC(C2CCC(F)CC2F)CC1SC. The predicted molar refractivity (Wildman–Crippen MR) is 72.2 cm³/mol. The van der Waals surface area contributed by atoms with E-state index in [1.54, 1.807) is 11.8 Å². The molecule has 2 saturated carbocycles. The maximum absolute atomic E-state index is 14.0. The van der Waals surface area contributed by atoms with Gasteiger partial charge in [0.1, 0.15) is 12.3 Å². The van der Waals surface area contributed by atoms with Crippen LogP contribution in [0.25, 0.3) is 4.85 Å². The Morgan fingerprint density at radius 2 is 1.89 bits per heavy atom. The van der Waals surface area contributed by atoms with Crippen LogP contribution in [0.5, 0.6) is 0 Å². The van der Waals surface area contributed by atoms with Crippen LogP contribution in [0, 0.1) is 18.4 Å². The summed E-state index contributed by atoms with van der Waals surface area (Å²) in [6.45, 7) is 7.20. The Morgan fingerprint density at radius 1 is 1.11 bits per heavy atom. The summed E-state index contributed by atoms with van der Waals surface area (Å²) in [7, 11) is 0. The van der Waals surface area contributed by atoms with Gasteiger partial charge in [-0.05, 0) is 43.8 Å². The molecule has 102 valence electrons. The molecule has 0 aromatic heterocycles. The third kappa shape index (κ3) is 2.99. The van der Waals surface area contributed by atoms with Crippen molar-refractivity contribution in [2.24, 2.45) is 11.8 Å². The van der Waals surface area contributed by atoms with E-state index in [4.69, 9.17) is 6.57 Å². The molecule has 0 aromatic carbocycles. The Kier molecular flexibility index (Phi) is 4.89. The molecule has 0 heterocycles. The van der Waals surface area contributed by atoms with Gasteiger partial charge in [0.05, 0.1) is 5.25 Å². The van der Waals surface area contributed by atoms with E-state index in [-0.39, 0.29) is 18.4 Å².